The van der Waals surface area contributed by atoms with Gasteiger partial charge in [-0.05, 0) is 20.3 Å². The van der Waals surface area contributed by atoms with Crippen molar-refractivity contribution in [2.75, 3.05) is 6.61 Å². The fraction of sp³-hybridized carbons (Fsp3) is 0.700. The Morgan fingerprint density at radius 2 is 2.06 bits per heavy atom. The molecule has 0 aromatic carbocycles. The zero-order chi connectivity index (χ0) is 13.8. The van der Waals surface area contributed by atoms with Gasteiger partial charge in [-0.3, -0.25) is 0 Å². The average Bonchev–Trinajstić information content (AvgIpc) is 2.59. The van der Waals surface area contributed by atoms with Crippen LogP contribution in [0.15, 0.2) is 0 Å². The standard InChI is InChI=1S/C10H14F3N3O2/c1-3-18-9(17)8-15-14-7(2)16(8)6-4-5-10(11,12)13/h3-6H2,1-2H3. The van der Waals surface area contributed by atoms with E-state index in [2.05, 4.69) is 10.2 Å². The molecule has 102 valence electrons. The lowest BCUT2D eigenvalue weighted by atomic mass is 10.3. The summed E-state index contributed by atoms with van der Waals surface area (Å²) >= 11 is 0. The fourth-order valence-electron chi connectivity index (χ4n) is 1.43. The minimum Gasteiger partial charge on any atom is -0.460 e. The number of rotatable bonds is 5. The first kappa shape index (κ1) is 14.5. The van der Waals surface area contributed by atoms with Gasteiger partial charge in [-0.2, -0.15) is 13.2 Å². The second-order valence-electron chi connectivity index (χ2n) is 3.66. The number of aromatic nitrogens is 3. The molecular weight excluding hydrogens is 251 g/mol. The summed E-state index contributed by atoms with van der Waals surface area (Å²) in [4.78, 5) is 11.5. The number of ether oxygens (including phenoxy) is 1. The van der Waals surface area contributed by atoms with E-state index in [1.165, 1.54) is 4.57 Å². The second kappa shape index (κ2) is 5.83. The zero-order valence-electron chi connectivity index (χ0n) is 10.1. The van der Waals surface area contributed by atoms with Crippen LogP contribution in [0.5, 0.6) is 0 Å². The fourth-order valence-corrected chi connectivity index (χ4v) is 1.43. The van der Waals surface area contributed by atoms with Gasteiger partial charge < -0.3 is 9.30 Å². The molecule has 0 fully saturated rings. The molecule has 1 heterocycles. The molecule has 0 saturated heterocycles. The van der Waals surface area contributed by atoms with Crippen LogP contribution < -0.4 is 0 Å². The van der Waals surface area contributed by atoms with Crippen molar-refractivity contribution in [2.45, 2.75) is 39.4 Å². The topological polar surface area (TPSA) is 57.0 Å². The predicted octanol–water partition coefficient (Wildman–Crippen LogP) is 2.11. The van der Waals surface area contributed by atoms with Crippen LogP contribution in [0.2, 0.25) is 0 Å². The third kappa shape index (κ3) is 4.01. The number of alkyl halides is 3. The molecule has 1 rings (SSSR count). The summed E-state index contributed by atoms with van der Waals surface area (Å²) in [5, 5.41) is 7.27. The van der Waals surface area contributed by atoms with Gasteiger partial charge in [0.2, 0.25) is 5.82 Å². The van der Waals surface area contributed by atoms with Gasteiger partial charge in [0.05, 0.1) is 6.61 Å². The maximum atomic E-state index is 12.0. The van der Waals surface area contributed by atoms with Crippen molar-refractivity contribution < 1.29 is 22.7 Å². The maximum absolute atomic E-state index is 12.0. The second-order valence-corrected chi connectivity index (χ2v) is 3.66. The van der Waals surface area contributed by atoms with Crippen LogP contribution in [0.3, 0.4) is 0 Å². The van der Waals surface area contributed by atoms with E-state index in [1.807, 2.05) is 0 Å². The lowest BCUT2D eigenvalue weighted by molar-refractivity contribution is -0.135. The predicted molar refractivity (Wildman–Crippen MR) is 56.0 cm³/mol. The Morgan fingerprint density at radius 3 is 2.61 bits per heavy atom. The van der Waals surface area contributed by atoms with Gasteiger partial charge in [0, 0.05) is 13.0 Å². The molecule has 0 unspecified atom stereocenters. The van der Waals surface area contributed by atoms with E-state index in [-0.39, 0.29) is 25.4 Å². The van der Waals surface area contributed by atoms with Gasteiger partial charge in [0.1, 0.15) is 5.82 Å². The van der Waals surface area contributed by atoms with Gasteiger partial charge in [-0.1, -0.05) is 0 Å². The average molecular weight is 265 g/mol. The van der Waals surface area contributed by atoms with Crippen LogP contribution in [-0.4, -0.2) is 33.5 Å². The van der Waals surface area contributed by atoms with E-state index in [0.717, 1.165) is 0 Å². The molecule has 1 aromatic heterocycles. The summed E-state index contributed by atoms with van der Waals surface area (Å²) in [6, 6.07) is 0. The molecule has 0 saturated carbocycles. The van der Waals surface area contributed by atoms with Crippen molar-refractivity contribution in [3.8, 4) is 0 Å². The Morgan fingerprint density at radius 1 is 1.39 bits per heavy atom. The van der Waals surface area contributed by atoms with Crippen LogP contribution in [-0.2, 0) is 11.3 Å². The first-order valence-corrected chi connectivity index (χ1v) is 5.49. The minimum atomic E-state index is -4.20. The Kier molecular flexibility index (Phi) is 4.69. The van der Waals surface area contributed by atoms with Crippen molar-refractivity contribution in [1.82, 2.24) is 14.8 Å². The van der Waals surface area contributed by atoms with Gasteiger partial charge in [0.25, 0.3) is 0 Å². The molecule has 0 aliphatic heterocycles. The summed E-state index contributed by atoms with van der Waals surface area (Å²) in [6.07, 6.45) is -5.24. The quantitative estimate of drug-likeness (QED) is 0.765. The third-order valence-electron chi connectivity index (χ3n) is 2.24. The highest BCUT2D eigenvalue weighted by atomic mass is 19.4. The monoisotopic (exact) mass is 265 g/mol. The summed E-state index contributed by atoms with van der Waals surface area (Å²) in [5.41, 5.74) is 0. The third-order valence-corrected chi connectivity index (χ3v) is 2.24. The molecule has 18 heavy (non-hydrogen) atoms. The van der Waals surface area contributed by atoms with Crippen molar-refractivity contribution >= 4 is 5.97 Å². The molecule has 5 nitrogen and oxygen atoms in total. The molecule has 0 N–H and O–H groups in total. The number of halogens is 3. The van der Waals surface area contributed by atoms with Crippen molar-refractivity contribution in [2.24, 2.45) is 0 Å². The Balaban J connectivity index is 2.70. The molecule has 0 radical (unpaired) electrons. The molecule has 0 aliphatic rings. The zero-order valence-corrected chi connectivity index (χ0v) is 10.1. The Bertz CT molecular complexity index is 415. The Labute approximate surface area is 102 Å². The number of aryl methyl sites for hydroxylation is 1. The van der Waals surface area contributed by atoms with Crippen molar-refractivity contribution in [3.63, 3.8) is 0 Å². The molecule has 0 bridgehead atoms. The molecule has 1 aromatic rings. The molecule has 0 aliphatic carbocycles. The first-order valence-electron chi connectivity index (χ1n) is 5.49. The largest absolute Gasteiger partial charge is 0.460 e. The number of hydrogen-bond donors (Lipinski definition) is 0. The smallest absolute Gasteiger partial charge is 0.389 e. The normalized spacial score (nSPS) is 11.6. The molecule has 0 atom stereocenters. The van der Waals surface area contributed by atoms with Crippen LogP contribution in [0.1, 0.15) is 36.2 Å². The minimum absolute atomic E-state index is 0.0342. The van der Waals surface area contributed by atoms with Crippen LogP contribution >= 0.6 is 0 Å². The van der Waals surface area contributed by atoms with E-state index >= 15 is 0 Å². The highest BCUT2D eigenvalue weighted by molar-refractivity contribution is 5.85. The molecular formula is C10H14F3N3O2. The number of nitrogens with zero attached hydrogens (tertiary/aromatic N) is 3. The van der Waals surface area contributed by atoms with Gasteiger partial charge in [-0.15, -0.1) is 10.2 Å². The Hall–Kier alpha value is -1.60. The molecule has 0 amide bonds. The van der Waals surface area contributed by atoms with Crippen molar-refractivity contribution in [3.05, 3.63) is 11.6 Å². The first-order chi connectivity index (χ1) is 8.35. The van der Waals surface area contributed by atoms with Gasteiger partial charge >= 0.3 is 12.1 Å². The highest BCUT2D eigenvalue weighted by Gasteiger charge is 2.27. The van der Waals surface area contributed by atoms with Gasteiger partial charge in [-0.25, -0.2) is 4.79 Å². The van der Waals surface area contributed by atoms with E-state index in [9.17, 15) is 18.0 Å². The van der Waals surface area contributed by atoms with E-state index in [1.54, 1.807) is 13.8 Å². The molecule has 8 heteroatoms. The number of carbonyl (C=O) groups excluding carboxylic acids is 1. The maximum Gasteiger partial charge on any atom is 0.389 e. The molecule has 0 spiro atoms. The lowest BCUT2D eigenvalue weighted by Gasteiger charge is -2.09. The van der Waals surface area contributed by atoms with Crippen LogP contribution in [0.25, 0.3) is 0 Å². The van der Waals surface area contributed by atoms with Gasteiger partial charge in [0.15, 0.2) is 0 Å². The summed E-state index contributed by atoms with van der Waals surface area (Å²) in [5.74, 6) is -0.345. The highest BCUT2D eigenvalue weighted by Crippen LogP contribution is 2.22. The number of esters is 1. The number of hydrogen-bond acceptors (Lipinski definition) is 4. The summed E-state index contributed by atoms with van der Waals surface area (Å²) in [7, 11) is 0. The van der Waals surface area contributed by atoms with Crippen LogP contribution in [0.4, 0.5) is 13.2 Å². The lowest BCUT2D eigenvalue weighted by Crippen LogP contribution is -2.16. The van der Waals surface area contributed by atoms with E-state index in [4.69, 9.17) is 4.74 Å². The van der Waals surface area contributed by atoms with E-state index in [0.29, 0.717) is 5.82 Å². The van der Waals surface area contributed by atoms with E-state index < -0.39 is 18.6 Å². The summed E-state index contributed by atoms with van der Waals surface area (Å²) in [6.45, 7) is 3.41. The summed E-state index contributed by atoms with van der Waals surface area (Å²) < 4.78 is 42.2. The number of carbonyl (C=O) groups is 1. The van der Waals surface area contributed by atoms with Crippen LogP contribution in [0, 0.1) is 6.92 Å². The SMILES string of the molecule is CCOC(=O)c1nnc(C)n1CCCC(F)(F)F. The van der Waals surface area contributed by atoms with Crippen molar-refractivity contribution in [1.29, 1.82) is 0 Å².